The Morgan fingerprint density at radius 3 is 2.40 bits per heavy atom. The summed E-state index contributed by atoms with van der Waals surface area (Å²) >= 11 is 1.80. The van der Waals surface area contributed by atoms with Crippen LogP contribution in [0.4, 0.5) is 0 Å². The van der Waals surface area contributed by atoms with Crippen molar-refractivity contribution >= 4 is 23.3 Å². The molecule has 0 saturated carbocycles. The van der Waals surface area contributed by atoms with Crippen molar-refractivity contribution in [2.24, 2.45) is 0 Å². The molecule has 0 aliphatic carbocycles. The number of carbonyl (C=O) groups is 2. The van der Waals surface area contributed by atoms with E-state index in [1.54, 1.807) is 11.3 Å². The molecule has 7 heteroatoms. The van der Waals surface area contributed by atoms with Gasteiger partial charge in [0, 0.05) is 35.6 Å². The second-order valence-electron chi connectivity index (χ2n) is 5.49. The van der Waals surface area contributed by atoms with Gasteiger partial charge in [-0.15, -0.1) is 11.3 Å². The lowest BCUT2D eigenvalue weighted by Crippen LogP contribution is -2.28. The number of carboxylic acid groups (broad SMARTS) is 2. The summed E-state index contributed by atoms with van der Waals surface area (Å²) in [4.78, 5) is 23.9. The Bertz CT molecular complexity index is 706. The molecular weight excluding hydrogens is 340 g/mol. The quantitative estimate of drug-likeness (QED) is 0.725. The molecule has 1 saturated heterocycles. The third kappa shape index (κ3) is 6.48. The molecule has 1 atom stereocenters. The van der Waals surface area contributed by atoms with Crippen molar-refractivity contribution in [1.29, 1.82) is 0 Å². The molecule has 0 radical (unpaired) electrons. The molecule has 0 spiro atoms. The Labute approximate surface area is 149 Å². The van der Waals surface area contributed by atoms with Gasteiger partial charge in [0.1, 0.15) is 0 Å². The third-order valence-electron chi connectivity index (χ3n) is 3.61. The number of hydrogen-bond acceptors (Lipinski definition) is 5. The van der Waals surface area contributed by atoms with Gasteiger partial charge in [0.2, 0.25) is 0 Å². The van der Waals surface area contributed by atoms with Crippen molar-refractivity contribution in [3.63, 3.8) is 0 Å². The molecule has 132 valence electrons. The second kappa shape index (κ2) is 9.71. The van der Waals surface area contributed by atoms with Crippen molar-refractivity contribution in [2.75, 3.05) is 13.1 Å². The van der Waals surface area contributed by atoms with Crippen LogP contribution in [0.3, 0.4) is 0 Å². The molecule has 25 heavy (non-hydrogen) atoms. The van der Waals surface area contributed by atoms with E-state index in [9.17, 15) is 9.59 Å². The summed E-state index contributed by atoms with van der Waals surface area (Å²) in [5.41, 5.74) is 2.34. The maximum absolute atomic E-state index is 9.55. The first-order chi connectivity index (χ1) is 12.1. The molecule has 6 nitrogen and oxygen atoms in total. The Balaban J connectivity index is 0.000000242. The number of thiazole rings is 1. The fraction of sp³-hybridized carbons (Fsp3) is 0.278. The highest BCUT2D eigenvalue weighted by atomic mass is 32.1. The van der Waals surface area contributed by atoms with Crippen molar-refractivity contribution in [1.82, 2.24) is 10.3 Å². The first-order valence-corrected chi connectivity index (χ1v) is 8.79. The van der Waals surface area contributed by atoms with Crippen LogP contribution in [0.5, 0.6) is 0 Å². The molecule has 1 aromatic carbocycles. The van der Waals surface area contributed by atoms with Gasteiger partial charge in [-0.2, -0.15) is 0 Å². The van der Waals surface area contributed by atoms with E-state index < -0.39 is 11.9 Å². The topological polar surface area (TPSA) is 99.5 Å². The lowest BCUT2D eigenvalue weighted by Gasteiger charge is -2.20. The molecule has 1 unspecified atom stereocenters. The predicted molar refractivity (Wildman–Crippen MR) is 96.8 cm³/mol. The molecule has 1 aliphatic rings. The van der Waals surface area contributed by atoms with Crippen molar-refractivity contribution in [3.05, 3.63) is 52.9 Å². The van der Waals surface area contributed by atoms with Gasteiger partial charge in [-0.1, -0.05) is 30.3 Å². The molecule has 3 rings (SSSR count). The summed E-state index contributed by atoms with van der Waals surface area (Å²) in [6, 6.07) is 10.4. The number of aliphatic carboxylic acids is 2. The average molecular weight is 360 g/mol. The predicted octanol–water partition coefficient (Wildman–Crippen LogP) is 2.99. The van der Waals surface area contributed by atoms with Crippen LogP contribution in [-0.4, -0.2) is 40.2 Å². The van der Waals surface area contributed by atoms with Crippen LogP contribution in [-0.2, 0) is 9.59 Å². The number of nitrogens with one attached hydrogen (secondary N) is 1. The second-order valence-corrected chi connectivity index (χ2v) is 6.38. The number of aromatic nitrogens is 1. The maximum Gasteiger partial charge on any atom is 0.328 e. The number of piperidine rings is 1. The lowest BCUT2D eigenvalue weighted by molar-refractivity contribution is -0.134. The Kier molecular flexibility index (Phi) is 7.31. The summed E-state index contributed by atoms with van der Waals surface area (Å²) < 4.78 is 0. The van der Waals surface area contributed by atoms with Gasteiger partial charge in [0.25, 0.3) is 0 Å². The number of nitrogens with zero attached hydrogens (tertiary/aromatic N) is 1. The molecule has 2 aromatic rings. The zero-order chi connectivity index (χ0) is 18.1. The monoisotopic (exact) mass is 360 g/mol. The van der Waals surface area contributed by atoms with E-state index in [1.165, 1.54) is 23.4 Å². The Hall–Kier alpha value is -2.51. The largest absolute Gasteiger partial charge is 0.478 e. The maximum atomic E-state index is 9.55. The first kappa shape index (κ1) is 18.8. The zero-order valence-corrected chi connectivity index (χ0v) is 14.4. The third-order valence-corrected chi connectivity index (χ3v) is 4.61. The van der Waals surface area contributed by atoms with Gasteiger partial charge < -0.3 is 15.5 Å². The molecule has 0 amide bonds. The number of benzene rings is 1. The average Bonchev–Trinajstić information content (AvgIpc) is 3.12. The molecule has 3 N–H and O–H groups in total. The van der Waals surface area contributed by atoms with Crippen LogP contribution in [0, 0.1) is 0 Å². The highest BCUT2D eigenvalue weighted by Crippen LogP contribution is 2.29. The number of carboxylic acids is 2. The summed E-state index contributed by atoms with van der Waals surface area (Å²) in [6.45, 7) is 2.25. The van der Waals surface area contributed by atoms with E-state index in [1.807, 2.05) is 6.07 Å². The lowest BCUT2D eigenvalue weighted by atomic mass is 10.0. The van der Waals surface area contributed by atoms with Crippen LogP contribution in [0.25, 0.3) is 11.3 Å². The Morgan fingerprint density at radius 1 is 1.16 bits per heavy atom. The molecular formula is C18H20N2O4S. The van der Waals surface area contributed by atoms with Crippen LogP contribution >= 0.6 is 11.3 Å². The minimum absolute atomic E-state index is 0.558. The van der Waals surface area contributed by atoms with Crippen molar-refractivity contribution < 1.29 is 19.8 Å². The van der Waals surface area contributed by atoms with Gasteiger partial charge in [0.15, 0.2) is 0 Å². The molecule has 1 fully saturated rings. The van der Waals surface area contributed by atoms with E-state index in [-0.39, 0.29) is 0 Å². The normalized spacial score (nSPS) is 16.9. The molecule has 0 bridgehead atoms. The van der Waals surface area contributed by atoms with Crippen LogP contribution in [0.15, 0.2) is 47.9 Å². The minimum Gasteiger partial charge on any atom is -0.478 e. The minimum atomic E-state index is -1.26. The van der Waals surface area contributed by atoms with E-state index >= 15 is 0 Å². The van der Waals surface area contributed by atoms with Crippen molar-refractivity contribution in [2.45, 2.75) is 18.8 Å². The number of rotatable bonds is 4. The molecule has 1 aliphatic heterocycles. The van der Waals surface area contributed by atoms with Gasteiger partial charge in [-0.25, -0.2) is 14.6 Å². The summed E-state index contributed by atoms with van der Waals surface area (Å²) in [7, 11) is 0. The fourth-order valence-corrected chi connectivity index (χ4v) is 3.39. The van der Waals surface area contributed by atoms with Gasteiger partial charge >= 0.3 is 11.9 Å². The number of hydrogen-bond donors (Lipinski definition) is 3. The summed E-state index contributed by atoms with van der Waals surface area (Å²) in [6.07, 6.45) is 3.66. The first-order valence-electron chi connectivity index (χ1n) is 7.91. The van der Waals surface area contributed by atoms with Crippen molar-refractivity contribution in [3.8, 4) is 11.3 Å². The van der Waals surface area contributed by atoms with E-state index in [4.69, 9.17) is 15.2 Å². The fourth-order valence-electron chi connectivity index (χ4n) is 2.42. The van der Waals surface area contributed by atoms with E-state index in [2.05, 4.69) is 35.0 Å². The molecule has 1 aromatic heterocycles. The van der Waals surface area contributed by atoms with E-state index in [0.717, 1.165) is 18.8 Å². The van der Waals surface area contributed by atoms with Gasteiger partial charge in [-0.05, 0) is 19.4 Å². The highest BCUT2D eigenvalue weighted by molar-refractivity contribution is 7.10. The Morgan fingerprint density at radius 2 is 1.84 bits per heavy atom. The van der Waals surface area contributed by atoms with E-state index in [0.29, 0.717) is 18.1 Å². The smallest absolute Gasteiger partial charge is 0.328 e. The van der Waals surface area contributed by atoms with Crippen LogP contribution in [0.1, 0.15) is 23.8 Å². The summed E-state index contributed by atoms with van der Waals surface area (Å²) in [5, 5.41) is 22.5. The summed E-state index contributed by atoms with van der Waals surface area (Å²) in [5.74, 6) is -1.90. The van der Waals surface area contributed by atoms with Gasteiger partial charge in [0.05, 0.1) is 10.7 Å². The highest BCUT2D eigenvalue weighted by Gasteiger charge is 2.18. The zero-order valence-electron chi connectivity index (χ0n) is 13.6. The standard InChI is InChI=1S/C14H16N2S.C4H4O4/c1-2-5-11(6-3-1)13-10-17-14(16-13)12-7-4-8-15-9-12;5-3(6)1-2-4(7)8/h1-3,5-6,10,12,15H,4,7-9H2;1-2H,(H,5,6)(H,7,8)/b;2-1+. The van der Waals surface area contributed by atoms with Crippen LogP contribution < -0.4 is 5.32 Å². The van der Waals surface area contributed by atoms with Gasteiger partial charge in [-0.3, -0.25) is 0 Å². The molecule has 2 heterocycles. The van der Waals surface area contributed by atoms with Crippen LogP contribution in [0.2, 0.25) is 0 Å². The SMILES string of the molecule is O=C(O)/C=C/C(=O)O.c1ccc(-c2csc(C3CCCNC3)n2)cc1.